The van der Waals surface area contributed by atoms with Gasteiger partial charge in [0.25, 0.3) is 0 Å². The van der Waals surface area contributed by atoms with Crippen LogP contribution in [0, 0.1) is 0 Å². The van der Waals surface area contributed by atoms with Crippen molar-refractivity contribution in [1.82, 2.24) is 5.32 Å². The molecule has 0 aromatic heterocycles. The highest BCUT2D eigenvalue weighted by Gasteiger charge is 2.13. The molecule has 2 rings (SSSR count). The fourth-order valence-electron chi connectivity index (χ4n) is 2.77. The maximum absolute atomic E-state index is 3.48. The lowest BCUT2D eigenvalue weighted by Crippen LogP contribution is -2.17. The molecule has 0 aliphatic heterocycles. The predicted octanol–water partition coefficient (Wildman–Crippen LogP) is 4.40. The van der Waals surface area contributed by atoms with E-state index >= 15 is 0 Å². The van der Waals surface area contributed by atoms with Gasteiger partial charge in [0.1, 0.15) is 0 Å². The summed E-state index contributed by atoms with van der Waals surface area (Å²) in [5, 5.41) is 3.48. The largest absolute Gasteiger partial charge is 0.313 e. The SMILES string of the molecule is CCc1cccc(C(CC2=CCCCC2)NC)c1. The minimum atomic E-state index is 0.473. The Labute approximate surface area is 111 Å². The Morgan fingerprint density at radius 3 is 2.83 bits per heavy atom. The zero-order valence-electron chi connectivity index (χ0n) is 11.7. The summed E-state index contributed by atoms with van der Waals surface area (Å²) in [4.78, 5) is 0. The van der Waals surface area contributed by atoms with E-state index in [1.807, 2.05) is 0 Å². The highest BCUT2D eigenvalue weighted by atomic mass is 14.9. The van der Waals surface area contributed by atoms with E-state index in [9.17, 15) is 0 Å². The van der Waals surface area contributed by atoms with Gasteiger partial charge in [-0.05, 0) is 56.7 Å². The van der Waals surface area contributed by atoms with Crippen LogP contribution >= 0.6 is 0 Å². The minimum absolute atomic E-state index is 0.473. The number of benzene rings is 1. The fourth-order valence-corrected chi connectivity index (χ4v) is 2.77. The molecule has 98 valence electrons. The number of hydrogen-bond acceptors (Lipinski definition) is 1. The summed E-state index contributed by atoms with van der Waals surface area (Å²) in [5.74, 6) is 0. The molecular formula is C17H25N. The van der Waals surface area contributed by atoms with E-state index in [0.29, 0.717) is 6.04 Å². The Morgan fingerprint density at radius 2 is 2.17 bits per heavy atom. The van der Waals surface area contributed by atoms with Crippen molar-refractivity contribution in [3.8, 4) is 0 Å². The summed E-state index contributed by atoms with van der Waals surface area (Å²) >= 11 is 0. The second kappa shape index (κ2) is 6.75. The van der Waals surface area contributed by atoms with E-state index in [1.54, 1.807) is 5.57 Å². The highest BCUT2D eigenvalue weighted by Crippen LogP contribution is 2.27. The summed E-state index contributed by atoms with van der Waals surface area (Å²) in [5.41, 5.74) is 4.51. The second-order valence-electron chi connectivity index (χ2n) is 5.25. The van der Waals surface area contributed by atoms with Gasteiger partial charge in [-0.1, -0.05) is 42.8 Å². The van der Waals surface area contributed by atoms with Crippen molar-refractivity contribution in [3.05, 3.63) is 47.0 Å². The third kappa shape index (κ3) is 3.46. The standard InChI is InChI=1S/C17H25N/c1-3-14-10-7-11-16(12-14)17(18-2)13-15-8-5-4-6-9-15/h7-8,10-12,17-18H,3-6,9,13H2,1-2H3. The zero-order chi connectivity index (χ0) is 12.8. The van der Waals surface area contributed by atoms with Crippen LogP contribution in [0.2, 0.25) is 0 Å². The first-order valence-electron chi connectivity index (χ1n) is 7.27. The molecule has 0 radical (unpaired) electrons. The Balaban J connectivity index is 2.09. The van der Waals surface area contributed by atoms with Crippen LogP contribution in [0.5, 0.6) is 0 Å². The van der Waals surface area contributed by atoms with Gasteiger partial charge in [0.15, 0.2) is 0 Å². The molecule has 0 fully saturated rings. The summed E-state index contributed by atoms with van der Waals surface area (Å²) in [6, 6.07) is 9.49. The van der Waals surface area contributed by atoms with Gasteiger partial charge in [0.05, 0.1) is 0 Å². The number of rotatable bonds is 5. The molecule has 18 heavy (non-hydrogen) atoms. The molecule has 1 nitrogen and oxygen atoms in total. The van der Waals surface area contributed by atoms with Gasteiger partial charge in [0.2, 0.25) is 0 Å². The Morgan fingerprint density at radius 1 is 1.28 bits per heavy atom. The molecule has 1 atom stereocenters. The van der Waals surface area contributed by atoms with Gasteiger partial charge >= 0.3 is 0 Å². The molecule has 1 unspecified atom stereocenters. The lowest BCUT2D eigenvalue weighted by atomic mass is 9.91. The number of nitrogens with one attached hydrogen (secondary N) is 1. The quantitative estimate of drug-likeness (QED) is 0.756. The van der Waals surface area contributed by atoms with E-state index in [0.717, 1.165) is 6.42 Å². The third-order valence-corrected chi connectivity index (χ3v) is 3.96. The van der Waals surface area contributed by atoms with Crippen molar-refractivity contribution in [1.29, 1.82) is 0 Å². The predicted molar refractivity (Wildman–Crippen MR) is 78.8 cm³/mol. The third-order valence-electron chi connectivity index (χ3n) is 3.96. The van der Waals surface area contributed by atoms with Crippen LogP contribution in [0.3, 0.4) is 0 Å². The molecule has 0 bridgehead atoms. The lowest BCUT2D eigenvalue weighted by Gasteiger charge is -2.21. The zero-order valence-corrected chi connectivity index (χ0v) is 11.7. The average molecular weight is 243 g/mol. The Bertz CT molecular complexity index is 406. The summed E-state index contributed by atoms with van der Waals surface area (Å²) < 4.78 is 0. The van der Waals surface area contributed by atoms with E-state index in [2.05, 4.69) is 49.6 Å². The summed E-state index contributed by atoms with van der Waals surface area (Å²) in [6.45, 7) is 2.22. The number of allylic oxidation sites excluding steroid dienone is 1. The topological polar surface area (TPSA) is 12.0 Å². The molecule has 0 saturated heterocycles. The molecule has 0 saturated carbocycles. The smallest absolute Gasteiger partial charge is 0.0355 e. The number of hydrogen-bond donors (Lipinski definition) is 1. The van der Waals surface area contributed by atoms with E-state index in [-0.39, 0.29) is 0 Å². The van der Waals surface area contributed by atoms with Crippen LogP contribution in [0.4, 0.5) is 0 Å². The highest BCUT2D eigenvalue weighted by molar-refractivity contribution is 5.27. The molecule has 0 amide bonds. The molecule has 1 N–H and O–H groups in total. The average Bonchev–Trinajstić information content (AvgIpc) is 2.46. The van der Waals surface area contributed by atoms with Crippen LogP contribution in [-0.2, 0) is 6.42 Å². The first kappa shape index (κ1) is 13.4. The Kier molecular flexibility index (Phi) is 5.00. The van der Waals surface area contributed by atoms with Crippen LogP contribution in [0.15, 0.2) is 35.9 Å². The van der Waals surface area contributed by atoms with Gasteiger partial charge in [-0.15, -0.1) is 0 Å². The monoisotopic (exact) mass is 243 g/mol. The first-order valence-corrected chi connectivity index (χ1v) is 7.27. The van der Waals surface area contributed by atoms with Crippen molar-refractivity contribution in [2.75, 3.05) is 7.05 Å². The summed E-state index contributed by atoms with van der Waals surface area (Å²) in [6.07, 6.45) is 10.1. The van der Waals surface area contributed by atoms with E-state index < -0.39 is 0 Å². The van der Waals surface area contributed by atoms with Gasteiger partial charge in [-0.2, -0.15) is 0 Å². The molecule has 1 aromatic rings. The van der Waals surface area contributed by atoms with Crippen LogP contribution in [-0.4, -0.2) is 7.05 Å². The second-order valence-corrected chi connectivity index (χ2v) is 5.25. The molecule has 1 aliphatic rings. The van der Waals surface area contributed by atoms with Crippen molar-refractivity contribution < 1.29 is 0 Å². The summed E-state index contributed by atoms with van der Waals surface area (Å²) in [7, 11) is 2.08. The van der Waals surface area contributed by atoms with Crippen molar-refractivity contribution in [3.63, 3.8) is 0 Å². The number of aryl methyl sites for hydroxylation is 1. The maximum Gasteiger partial charge on any atom is 0.0355 e. The van der Waals surface area contributed by atoms with E-state index in [4.69, 9.17) is 0 Å². The fraction of sp³-hybridized carbons (Fsp3) is 0.529. The first-order chi connectivity index (χ1) is 8.83. The molecule has 1 heteroatoms. The molecule has 0 spiro atoms. The van der Waals surface area contributed by atoms with Crippen LogP contribution in [0.1, 0.15) is 56.2 Å². The van der Waals surface area contributed by atoms with E-state index in [1.165, 1.54) is 43.2 Å². The van der Waals surface area contributed by atoms with Crippen molar-refractivity contribution in [2.45, 2.75) is 51.5 Å². The lowest BCUT2D eigenvalue weighted by molar-refractivity contribution is 0.558. The van der Waals surface area contributed by atoms with Crippen molar-refractivity contribution in [2.24, 2.45) is 0 Å². The molecular weight excluding hydrogens is 218 g/mol. The van der Waals surface area contributed by atoms with Crippen LogP contribution < -0.4 is 5.32 Å². The molecule has 0 heterocycles. The van der Waals surface area contributed by atoms with Crippen LogP contribution in [0.25, 0.3) is 0 Å². The van der Waals surface area contributed by atoms with Gasteiger partial charge in [-0.3, -0.25) is 0 Å². The van der Waals surface area contributed by atoms with Crippen molar-refractivity contribution >= 4 is 0 Å². The minimum Gasteiger partial charge on any atom is -0.313 e. The van der Waals surface area contributed by atoms with Gasteiger partial charge < -0.3 is 5.32 Å². The molecule has 1 aromatic carbocycles. The maximum atomic E-state index is 3.48. The Hall–Kier alpha value is -1.08. The molecule has 1 aliphatic carbocycles. The van der Waals surface area contributed by atoms with Gasteiger partial charge in [-0.25, -0.2) is 0 Å². The normalized spacial score (nSPS) is 17.3. The van der Waals surface area contributed by atoms with Gasteiger partial charge in [0, 0.05) is 6.04 Å².